The highest BCUT2D eigenvalue weighted by molar-refractivity contribution is 6.13. The number of carbonyl (C=O) groups is 5. The minimum absolute atomic E-state index is 0.0527. The Hall–Kier alpha value is -2.51. The maximum Gasteiger partial charge on any atom is 0.338 e. The molecule has 2 heterocycles. The van der Waals surface area contributed by atoms with Crippen molar-refractivity contribution in [2.75, 3.05) is 0 Å². The van der Waals surface area contributed by atoms with Gasteiger partial charge in [0.15, 0.2) is 0 Å². The van der Waals surface area contributed by atoms with Crippen LogP contribution in [-0.2, 0) is 28.8 Å². The molecule has 0 bridgehead atoms. The zero-order valence-corrected chi connectivity index (χ0v) is 13.3. The Morgan fingerprint density at radius 2 is 1.54 bits per heavy atom. The van der Waals surface area contributed by atoms with Gasteiger partial charge in [-0.15, -0.1) is 5.06 Å². The van der Waals surface area contributed by atoms with Gasteiger partial charge >= 0.3 is 5.97 Å². The van der Waals surface area contributed by atoms with Crippen LogP contribution in [0.4, 0.5) is 0 Å². The first kappa shape index (κ1) is 16.4. The third-order valence-electron chi connectivity index (χ3n) is 4.94. The summed E-state index contributed by atoms with van der Waals surface area (Å²) in [4.78, 5) is 65.2. The summed E-state index contributed by atoms with van der Waals surface area (Å²) in [6.07, 6.45) is 4.37. The van der Waals surface area contributed by atoms with Crippen molar-refractivity contribution in [2.45, 2.75) is 51.5 Å². The van der Waals surface area contributed by atoms with Gasteiger partial charge in [0.1, 0.15) is 0 Å². The molecule has 0 aromatic rings. The fraction of sp³-hybridized carbons (Fsp3) is 0.562. The van der Waals surface area contributed by atoms with Crippen molar-refractivity contribution in [2.24, 2.45) is 5.41 Å². The summed E-state index contributed by atoms with van der Waals surface area (Å²) >= 11 is 0. The summed E-state index contributed by atoms with van der Waals surface area (Å²) in [7, 11) is 0. The topological polar surface area (TPSA) is 101 Å². The van der Waals surface area contributed by atoms with Crippen molar-refractivity contribution in [3.63, 3.8) is 0 Å². The van der Waals surface area contributed by atoms with E-state index in [0.29, 0.717) is 30.7 Å². The van der Waals surface area contributed by atoms with Crippen molar-refractivity contribution in [1.82, 2.24) is 9.96 Å². The van der Waals surface area contributed by atoms with Crippen LogP contribution in [0.15, 0.2) is 12.2 Å². The van der Waals surface area contributed by atoms with Gasteiger partial charge in [0.25, 0.3) is 23.6 Å². The molecular formula is C16H18N2O6. The average Bonchev–Trinajstić information content (AvgIpc) is 3.04. The molecule has 0 aromatic heterocycles. The molecule has 128 valence electrons. The van der Waals surface area contributed by atoms with Gasteiger partial charge in [0.2, 0.25) is 0 Å². The molecule has 4 amide bonds. The standard InChI is InChI=1S/C16H18N2O6/c1-16(15(23)24-18-13(21)4-5-14(18)22)8-6-10(7-9-16)17-11(19)2-3-12(17)20/h2-3,10H,4-9H2,1H3. The Morgan fingerprint density at radius 3 is 2.04 bits per heavy atom. The van der Waals surface area contributed by atoms with Crippen LogP contribution in [0.3, 0.4) is 0 Å². The number of hydrogen-bond acceptors (Lipinski definition) is 6. The van der Waals surface area contributed by atoms with Gasteiger partial charge in [-0.1, -0.05) is 0 Å². The van der Waals surface area contributed by atoms with Crippen molar-refractivity contribution in [3.8, 4) is 0 Å². The number of rotatable bonds is 3. The van der Waals surface area contributed by atoms with Crippen molar-refractivity contribution in [1.29, 1.82) is 0 Å². The van der Waals surface area contributed by atoms with Gasteiger partial charge in [0, 0.05) is 31.0 Å². The van der Waals surface area contributed by atoms with Crippen LogP contribution in [-0.4, -0.2) is 45.6 Å². The highest BCUT2D eigenvalue weighted by Gasteiger charge is 2.45. The summed E-state index contributed by atoms with van der Waals surface area (Å²) in [6, 6.07) is -0.240. The van der Waals surface area contributed by atoms with E-state index in [-0.39, 0.29) is 30.7 Å². The molecule has 0 N–H and O–H groups in total. The Kier molecular flexibility index (Phi) is 3.98. The molecule has 8 heteroatoms. The molecule has 3 aliphatic rings. The first-order chi connectivity index (χ1) is 11.3. The number of carbonyl (C=O) groups excluding carboxylic acids is 5. The zero-order valence-electron chi connectivity index (χ0n) is 13.3. The molecule has 0 spiro atoms. The summed E-state index contributed by atoms with van der Waals surface area (Å²) in [5.41, 5.74) is -0.848. The zero-order chi connectivity index (χ0) is 17.5. The molecule has 0 unspecified atom stereocenters. The van der Waals surface area contributed by atoms with Crippen molar-refractivity contribution >= 4 is 29.6 Å². The molecule has 0 atom stereocenters. The highest BCUT2D eigenvalue weighted by atomic mass is 16.7. The number of imide groups is 2. The van der Waals surface area contributed by atoms with Crippen LogP contribution in [0.25, 0.3) is 0 Å². The van der Waals surface area contributed by atoms with Crippen LogP contribution < -0.4 is 0 Å². The molecular weight excluding hydrogens is 316 g/mol. The molecule has 1 aliphatic carbocycles. The molecule has 2 fully saturated rings. The summed E-state index contributed by atoms with van der Waals surface area (Å²) in [5, 5.41) is 0.553. The number of hydroxylamine groups is 2. The lowest BCUT2D eigenvalue weighted by molar-refractivity contribution is -0.206. The molecule has 2 aliphatic heterocycles. The lowest BCUT2D eigenvalue weighted by Gasteiger charge is -2.38. The lowest BCUT2D eigenvalue weighted by Crippen LogP contribution is -2.47. The van der Waals surface area contributed by atoms with E-state index in [1.54, 1.807) is 6.92 Å². The number of amides is 4. The Bertz CT molecular complexity index is 625. The largest absolute Gasteiger partial charge is 0.338 e. The molecule has 0 aromatic carbocycles. The third-order valence-corrected chi connectivity index (χ3v) is 4.94. The second-order valence-electron chi connectivity index (χ2n) is 6.63. The summed E-state index contributed by atoms with van der Waals surface area (Å²) in [6.45, 7) is 1.71. The number of nitrogens with zero attached hydrogens (tertiary/aromatic N) is 2. The SMILES string of the molecule is CC1(C(=O)ON2C(=O)CCC2=O)CCC(N2C(=O)C=CC2=O)CC1. The maximum absolute atomic E-state index is 12.4. The normalized spacial score (nSPS) is 30.5. The Balaban J connectivity index is 1.61. The van der Waals surface area contributed by atoms with Gasteiger partial charge in [0.05, 0.1) is 5.41 Å². The molecule has 1 saturated carbocycles. The van der Waals surface area contributed by atoms with E-state index in [0.717, 1.165) is 0 Å². The molecule has 1 saturated heterocycles. The first-order valence-electron chi connectivity index (χ1n) is 7.95. The van der Waals surface area contributed by atoms with E-state index in [1.165, 1.54) is 17.1 Å². The molecule has 0 radical (unpaired) electrons. The van der Waals surface area contributed by atoms with Crippen LogP contribution in [0.5, 0.6) is 0 Å². The fourth-order valence-electron chi connectivity index (χ4n) is 3.32. The second kappa shape index (κ2) is 5.85. The van der Waals surface area contributed by atoms with E-state index < -0.39 is 23.2 Å². The van der Waals surface area contributed by atoms with E-state index in [4.69, 9.17) is 4.84 Å². The molecule has 8 nitrogen and oxygen atoms in total. The Morgan fingerprint density at radius 1 is 1.04 bits per heavy atom. The van der Waals surface area contributed by atoms with Gasteiger partial charge in [-0.3, -0.25) is 24.1 Å². The van der Waals surface area contributed by atoms with Crippen LogP contribution in [0.1, 0.15) is 45.4 Å². The predicted molar refractivity (Wildman–Crippen MR) is 78.5 cm³/mol. The monoisotopic (exact) mass is 334 g/mol. The van der Waals surface area contributed by atoms with Crippen LogP contribution in [0, 0.1) is 5.41 Å². The van der Waals surface area contributed by atoms with Gasteiger partial charge in [-0.25, -0.2) is 4.79 Å². The van der Waals surface area contributed by atoms with E-state index in [2.05, 4.69) is 0 Å². The van der Waals surface area contributed by atoms with Crippen LogP contribution >= 0.6 is 0 Å². The van der Waals surface area contributed by atoms with Crippen molar-refractivity contribution < 1.29 is 28.8 Å². The predicted octanol–water partition coefficient (Wildman–Crippen LogP) is 0.467. The average molecular weight is 334 g/mol. The first-order valence-corrected chi connectivity index (χ1v) is 7.95. The van der Waals surface area contributed by atoms with E-state index in [1.807, 2.05) is 0 Å². The summed E-state index contributed by atoms with van der Waals surface area (Å²) in [5.74, 6) is -2.30. The molecule has 24 heavy (non-hydrogen) atoms. The van der Waals surface area contributed by atoms with Gasteiger partial charge in [-0.05, 0) is 32.6 Å². The smallest absolute Gasteiger partial charge is 0.330 e. The second-order valence-corrected chi connectivity index (χ2v) is 6.63. The maximum atomic E-state index is 12.4. The van der Waals surface area contributed by atoms with E-state index in [9.17, 15) is 24.0 Å². The molecule has 3 rings (SSSR count). The minimum Gasteiger partial charge on any atom is -0.330 e. The van der Waals surface area contributed by atoms with Gasteiger partial charge < -0.3 is 4.84 Å². The number of hydrogen-bond donors (Lipinski definition) is 0. The van der Waals surface area contributed by atoms with Gasteiger partial charge in [-0.2, -0.15) is 0 Å². The lowest BCUT2D eigenvalue weighted by atomic mass is 9.73. The van der Waals surface area contributed by atoms with E-state index >= 15 is 0 Å². The van der Waals surface area contributed by atoms with Crippen molar-refractivity contribution in [3.05, 3.63) is 12.2 Å². The summed E-state index contributed by atoms with van der Waals surface area (Å²) < 4.78 is 0. The Labute approximate surface area is 138 Å². The van der Waals surface area contributed by atoms with Crippen LogP contribution in [0.2, 0.25) is 0 Å². The highest BCUT2D eigenvalue weighted by Crippen LogP contribution is 2.39. The third kappa shape index (κ3) is 2.72. The fourth-order valence-corrected chi connectivity index (χ4v) is 3.32. The minimum atomic E-state index is -0.848. The quantitative estimate of drug-likeness (QED) is 0.695.